The zero-order valence-electron chi connectivity index (χ0n) is 15.9. The Morgan fingerprint density at radius 2 is 2.00 bits per heavy atom. The molecule has 0 saturated heterocycles. The summed E-state index contributed by atoms with van der Waals surface area (Å²) in [6.07, 6.45) is 11.5. The van der Waals surface area contributed by atoms with Crippen LogP contribution in [0.25, 0.3) is 0 Å². The van der Waals surface area contributed by atoms with Gasteiger partial charge < -0.3 is 19.9 Å². The molecule has 0 bridgehead atoms. The molecule has 0 unspecified atom stereocenters. The van der Waals surface area contributed by atoms with Gasteiger partial charge in [-0.1, -0.05) is 19.3 Å². The van der Waals surface area contributed by atoms with Gasteiger partial charge >= 0.3 is 0 Å². The maximum absolute atomic E-state index is 5.96. The van der Waals surface area contributed by atoms with Crippen LogP contribution in [-0.2, 0) is 24.2 Å². The van der Waals surface area contributed by atoms with Crippen molar-refractivity contribution in [3.63, 3.8) is 0 Å². The lowest BCUT2D eigenvalue weighted by atomic mass is 9.98. The molecule has 1 aliphatic heterocycles. The van der Waals surface area contributed by atoms with Gasteiger partial charge in [-0.2, -0.15) is 0 Å². The third-order valence-electron chi connectivity index (χ3n) is 5.09. The number of rotatable bonds is 7. The summed E-state index contributed by atoms with van der Waals surface area (Å²) in [7, 11) is 1.80. The number of ether oxygens (including phenoxy) is 1. The quantitative estimate of drug-likeness (QED) is 0.274. The summed E-state index contributed by atoms with van der Waals surface area (Å²) in [6, 6.07) is 0. The van der Waals surface area contributed by atoms with Gasteiger partial charge in [-0.3, -0.25) is 4.99 Å². The Morgan fingerprint density at radius 3 is 2.81 bits per heavy atom. The Morgan fingerprint density at radius 1 is 1.15 bits per heavy atom. The molecule has 148 valence electrons. The van der Waals surface area contributed by atoms with Crippen molar-refractivity contribution in [2.45, 2.75) is 77.0 Å². The van der Waals surface area contributed by atoms with E-state index in [-0.39, 0.29) is 24.0 Å². The van der Waals surface area contributed by atoms with E-state index in [1.807, 2.05) is 0 Å². The first kappa shape index (κ1) is 21.4. The lowest BCUT2D eigenvalue weighted by molar-refractivity contribution is 0.0277. The predicted octanol–water partition coefficient (Wildman–Crippen LogP) is 2.64. The van der Waals surface area contributed by atoms with E-state index in [1.54, 1.807) is 7.05 Å². The highest BCUT2D eigenvalue weighted by atomic mass is 127. The highest BCUT2D eigenvalue weighted by molar-refractivity contribution is 14.0. The van der Waals surface area contributed by atoms with Gasteiger partial charge in [0.05, 0.1) is 12.6 Å². The number of hydrogen-bond donors (Lipinski definition) is 2. The molecule has 1 saturated carbocycles. The molecule has 7 nitrogen and oxygen atoms in total. The van der Waals surface area contributed by atoms with Gasteiger partial charge in [-0.05, 0) is 32.1 Å². The Kier molecular flexibility index (Phi) is 9.66. The first-order chi connectivity index (χ1) is 12.4. The summed E-state index contributed by atoms with van der Waals surface area (Å²) < 4.78 is 8.20. The molecule has 2 aliphatic rings. The van der Waals surface area contributed by atoms with E-state index in [9.17, 15) is 0 Å². The molecule has 0 radical (unpaired) electrons. The second-order valence-corrected chi connectivity index (χ2v) is 6.98. The molecule has 0 aromatic carbocycles. The summed E-state index contributed by atoms with van der Waals surface area (Å²) in [5, 5.41) is 15.3. The van der Waals surface area contributed by atoms with E-state index in [1.165, 1.54) is 44.9 Å². The van der Waals surface area contributed by atoms with Crippen LogP contribution in [0.15, 0.2) is 4.99 Å². The highest BCUT2D eigenvalue weighted by Crippen LogP contribution is 2.20. The van der Waals surface area contributed by atoms with Crippen LogP contribution in [0.4, 0.5) is 0 Å². The average molecular weight is 476 g/mol. The molecule has 1 fully saturated rings. The van der Waals surface area contributed by atoms with Crippen molar-refractivity contribution in [2.75, 3.05) is 20.2 Å². The smallest absolute Gasteiger partial charge is 0.191 e. The number of halogens is 1. The Bertz CT molecular complexity index is 556. The Hall–Kier alpha value is -0.900. The number of nitrogens with one attached hydrogen (secondary N) is 2. The molecule has 0 atom stereocenters. The van der Waals surface area contributed by atoms with E-state index < -0.39 is 0 Å². The van der Waals surface area contributed by atoms with Crippen molar-refractivity contribution in [3.05, 3.63) is 11.6 Å². The Labute approximate surface area is 173 Å². The lowest BCUT2D eigenvalue weighted by Gasteiger charge is -2.22. The molecule has 0 spiro atoms. The molecular formula is C18H33IN6O. The summed E-state index contributed by atoms with van der Waals surface area (Å²) >= 11 is 0. The molecule has 0 amide bonds. The largest absolute Gasteiger partial charge is 0.378 e. The predicted molar refractivity (Wildman–Crippen MR) is 114 cm³/mol. The van der Waals surface area contributed by atoms with Crippen LogP contribution in [0.2, 0.25) is 0 Å². The van der Waals surface area contributed by atoms with Crippen molar-refractivity contribution in [2.24, 2.45) is 4.99 Å². The van der Waals surface area contributed by atoms with E-state index in [4.69, 9.17) is 4.74 Å². The summed E-state index contributed by atoms with van der Waals surface area (Å²) in [4.78, 5) is 4.28. The summed E-state index contributed by atoms with van der Waals surface area (Å²) in [5.74, 6) is 2.93. The second-order valence-electron chi connectivity index (χ2n) is 6.98. The van der Waals surface area contributed by atoms with Gasteiger partial charge in [0.2, 0.25) is 0 Å². The molecule has 2 N–H and O–H groups in total. The molecule has 1 aromatic heterocycles. The number of aryl methyl sites for hydroxylation is 1. The average Bonchev–Trinajstić information content (AvgIpc) is 3.08. The van der Waals surface area contributed by atoms with Gasteiger partial charge in [0, 0.05) is 33.2 Å². The van der Waals surface area contributed by atoms with Gasteiger partial charge in [0.25, 0.3) is 0 Å². The zero-order chi connectivity index (χ0) is 17.3. The summed E-state index contributed by atoms with van der Waals surface area (Å²) in [5.41, 5.74) is 0. The minimum atomic E-state index is 0. The second kappa shape index (κ2) is 11.7. The van der Waals surface area contributed by atoms with Gasteiger partial charge in [0.15, 0.2) is 11.8 Å². The van der Waals surface area contributed by atoms with E-state index in [2.05, 4.69) is 30.4 Å². The number of guanidine groups is 1. The van der Waals surface area contributed by atoms with Crippen LogP contribution >= 0.6 is 24.0 Å². The highest BCUT2D eigenvalue weighted by Gasteiger charge is 2.16. The molecule has 2 heterocycles. The van der Waals surface area contributed by atoms with Crippen molar-refractivity contribution < 1.29 is 4.74 Å². The minimum Gasteiger partial charge on any atom is -0.378 e. The SMILES string of the molecule is CN=C(NCCCOC1CCCCC1)NCc1nnc2n1CCCC2.I. The van der Waals surface area contributed by atoms with Crippen LogP contribution in [0.3, 0.4) is 0 Å². The molecule has 3 rings (SSSR count). The van der Waals surface area contributed by atoms with E-state index in [0.717, 1.165) is 50.1 Å². The topological polar surface area (TPSA) is 76.4 Å². The molecule has 26 heavy (non-hydrogen) atoms. The van der Waals surface area contributed by atoms with Gasteiger partial charge in [0.1, 0.15) is 5.82 Å². The first-order valence-electron chi connectivity index (χ1n) is 9.84. The van der Waals surface area contributed by atoms with Crippen molar-refractivity contribution >= 4 is 29.9 Å². The fourth-order valence-electron chi connectivity index (χ4n) is 3.64. The third kappa shape index (κ3) is 6.37. The van der Waals surface area contributed by atoms with Crippen molar-refractivity contribution in [1.29, 1.82) is 0 Å². The third-order valence-corrected chi connectivity index (χ3v) is 5.09. The minimum absolute atomic E-state index is 0. The maximum atomic E-state index is 5.96. The van der Waals surface area contributed by atoms with Crippen molar-refractivity contribution in [1.82, 2.24) is 25.4 Å². The van der Waals surface area contributed by atoms with Crippen LogP contribution in [-0.4, -0.2) is 47.0 Å². The number of nitrogens with zero attached hydrogens (tertiary/aromatic N) is 4. The normalized spacial score (nSPS) is 18.1. The molecule has 1 aromatic rings. The van der Waals surface area contributed by atoms with Crippen LogP contribution in [0.5, 0.6) is 0 Å². The van der Waals surface area contributed by atoms with Crippen LogP contribution in [0.1, 0.15) is 63.0 Å². The van der Waals surface area contributed by atoms with E-state index >= 15 is 0 Å². The number of aromatic nitrogens is 3. The standard InChI is InChI=1S/C18H32N6O.HI/c1-19-18(20-11-7-13-25-15-8-3-2-4-9-15)21-14-17-23-22-16-10-5-6-12-24(16)17;/h15H,2-14H2,1H3,(H2,19,20,21);1H. The fraction of sp³-hybridized carbons (Fsp3) is 0.833. The van der Waals surface area contributed by atoms with Gasteiger partial charge in [-0.25, -0.2) is 0 Å². The molecular weight excluding hydrogens is 443 g/mol. The first-order valence-corrected chi connectivity index (χ1v) is 9.84. The van der Waals surface area contributed by atoms with Crippen LogP contribution in [0, 0.1) is 0 Å². The molecule has 8 heteroatoms. The van der Waals surface area contributed by atoms with E-state index in [0.29, 0.717) is 12.6 Å². The Balaban J connectivity index is 0.00000243. The fourth-order valence-corrected chi connectivity index (χ4v) is 3.64. The number of hydrogen-bond acceptors (Lipinski definition) is 4. The lowest BCUT2D eigenvalue weighted by Crippen LogP contribution is -2.38. The van der Waals surface area contributed by atoms with Crippen LogP contribution < -0.4 is 10.6 Å². The zero-order valence-corrected chi connectivity index (χ0v) is 18.2. The van der Waals surface area contributed by atoms with Gasteiger partial charge in [-0.15, -0.1) is 34.2 Å². The summed E-state index contributed by atoms with van der Waals surface area (Å²) in [6.45, 7) is 3.38. The number of fused-ring (bicyclic) bond motifs is 1. The molecule has 1 aliphatic carbocycles. The maximum Gasteiger partial charge on any atom is 0.191 e. The monoisotopic (exact) mass is 476 g/mol. The number of aliphatic imine (C=N–C) groups is 1. The van der Waals surface area contributed by atoms with Crippen molar-refractivity contribution in [3.8, 4) is 0 Å².